The molecule has 2 saturated heterocycles. The molecular formula is C22H28F3N3O2. The molecule has 0 aromatic heterocycles. The Morgan fingerprint density at radius 1 is 1.10 bits per heavy atom. The number of nitrogens with two attached hydrogens (primary N) is 1. The fourth-order valence-electron chi connectivity index (χ4n) is 5.36. The smallest absolute Gasteiger partial charge is 0.238 e. The summed E-state index contributed by atoms with van der Waals surface area (Å²) in [6.07, 6.45) is 4.40. The van der Waals surface area contributed by atoms with E-state index in [0.717, 1.165) is 18.9 Å². The van der Waals surface area contributed by atoms with Crippen molar-refractivity contribution in [1.29, 1.82) is 0 Å². The normalized spacial score (nSPS) is 27.7. The number of rotatable bonds is 5. The Balaban J connectivity index is 1.45. The van der Waals surface area contributed by atoms with Crippen LogP contribution in [0.3, 0.4) is 0 Å². The van der Waals surface area contributed by atoms with E-state index in [1.807, 2.05) is 4.90 Å². The third-order valence-corrected chi connectivity index (χ3v) is 7.13. The topological polar surface area (TPSA) is 66.6 Å². The molecule has 1 aromatic rings. The Morgan fingerprint density at radius 3 is 2.20 bits per heavy atom. The maximum atomic E-state index is 14.0. The van der Waals surface area contributed by atoms with Crippen molar-refractivity contribution in [3.05, 3.63) is 35.1 Å². The van der Waals surface area contributed by atoms with Gasteiger partial charge in [-0.25, -0.2) is 13.2 Å². The lowest BCUT2D eigenvalue weighted by molar-refractivity contribution is -0.151. The largest absolute Gasteiger partial charge is 0.348 e. The minimum Gasteiger partial charge on any atom is -0.348 e. The van der Waals surface area contributed by atoms with Gasteiger partial charge < -0.3 is 15.5 Å². The van der Waals surface area contributed by atoms with Crippen molar-refractivity contribution in [2.45, 2.75) is 63.1 Å². The second-order valence-corrected chi connectivity index (χ2v) is 9.34. The van der Waals surface area contributed by atoms with Gasteiger partial charge in [-0.3, -0.25) is 9.59 Å². The summed E-state index contributed by atoms with van der Waals surface area (Å²) in [7, 11) is 3.35. The predicted octanol–water partition coefficient (Wildman–Crippen LogP) is 2.61. The van der Waals surface area contributed by atoms with Gasteiger partial charge in [0.2, 0.25) is 11.8 Å². The molecule has 5 nitrogen and oxygen atoms in total. The molecule has 0 spiro atoms. The fraction of sp³-hybridized carbons (Fsp3) is 0.636. The number of hydrogen-bond acceptors (Lipinski definition) is 3. The van der Waals surface area contributed by atoms with Crippen LogP contribution in [0.4, 0.5) is 13.2 Å². The molecule has 2 heterocycles. The minimum atomic E-state index is -1.21. The zero-order valence-corrected chi connectivity index (χ0v) is 17.3. The quantitative estimate of drug-likeness (QED) is 0.585. The summed E-state index contributed by atoms with van der Waals surface area (Å²) in [5, 5.41) is 0. The van der Waals surface area contributed by atoms with E-state index in [0.29, 0.717) is 31.7 Å². The number of halogens is 3. The maximum absolute atomic E-state index is 14.0. The maximum Gasteiger partial charge on any atom is 0.238 e. The fourth-order valence-corrected chi connectivity index (χ4v) is 5.36. The predicted molar refractivity (Wildman–Crippen MR) is 105 cm³/mol. The Hall–Kier alpha value is -2.09. The Labute approximate surface area is 174 Å². The third-order valence-electron chi connectivity index (χ3n) is 7.13. The summed E-state index contributed by atoms with van der Waals surface area (Å²) in [5.41, 5.74) is 5.53. The van der Waals surface area contributed by atoms with Crippen molar-refractivity contribution in [3.63, 3.8) is 0 Å². The van der Waals surface area contributed by atoms with Crippen molar-refractivity contribution in [2.24, 2.45) is 17.1 Å². The van der Waals surface area contributed by atoms with E-state index in [9.17, 15) is 22.8 Å². The second kappa shape index (κ2) is 7.55. The molecule has 2 aliphatic heterocycles. The number of hydrogen-bond donors (Lipinski definition) is 1. The van der Waals surface area contributed by atoms with Crippen LogP contribution in [0.25, 0.3) is 0 Å². The van der Waals surface area contributed by atoms with Gasteiger partial charge >= 0.3 is 0 Å². The Bertz CT molecular complexity index is 857. The van der Waals surface area contributed by atoms with Gasteiger partial charge in [0.05, 0.1) is 0 Å². The number of carbonyl (C=O) groups excluding carboxylic acids is 2. The van der Waals surface area contributed by atoms with Crippen LogP contribution in [-0.2, 0) is 16.0 Å². The van der Waals surface area contributed by atoms with Crippen LogP contribution in [0, 0.1) is 28.8 Å². The molecule has 3 aliphatic rings. The first-order valence-corrected chi connectivity index (χ1v) is 10.6. The molecule has 2 amide bonds. The zero-order chi connectivity index (χ0) is 21.8. The highest BCUT2D eigenvalue weighted by atomic mass is 19.2. The lowest BCUT2D eigenvalue weighted by Gasteiger charge is -2.42. The van der Waals surface area contributed by atoms with Crippen LogP contribution in [-0.4, -0.2) is 53.8 Å². The van der Waals surface area contributed by atoms with Crippen molar-refractivity contribution >= 4 is 11.8 Å². The van der Waals surface area contributed by atoms with Crippen LogP contribution < -0.4 is 5.73 Å². The number of nitrogens with zero attached hydrogens (tertiary/aromatic N) is 2. The van der Waals surface area contributed by atoms with Gasteiger partial charge in [-0.15, -0.1) is 0 Å². The van der Waals surface area contributed by atoms with Gasteiger partial charge in [-0.1, -0.05) is 0 Å². The molecule has 3 fully saturated rings. The summed E-state index contributed by atoms with van der Waals surface area (Å²) in [6, 6.07) is 1.06. The lowest BCUT2D eigenvalue weighted by Crippen LogP contribution is -2.54. The van der Waals surface area contributed by atoms with Crippen molar-refractivity contribution in [3.8, 4) is 0 Å². The summed E-state index contributed by atoms with van der Waals surface area (Å²) in [6.45, 7) is 0. The van der Waals surface area contributed by atoms with Gasteiger partial charge in [0.25, 0.3) is 0 Å². The molecular weight excluding hydrogens is 395 g/mol. The van der Waals surface area contributed by atoms with Gasteiger partial charge in [0, 0.05) is 38.3 Å². The van der Waals surface area contributed by atoms with Gasteiger partial charge in [-0.2, -0.15) is 0 Å². The number of piperidine rings is 1. The Kier molecular flexibility index (Phi) is 5.33. The zero-order valence-electron chi connectivity index (χ0n) is 17.3. The molecule has 8 heteroatoms. The van der Waals surface area contributed by atoms with Crippen molar-refractivity contribution < 1.29 is 22.8 Å². The summed E-state index contributed by atoms with van der Waals surface area (Å²) in [4.78, 5) is 29.3. The Morgan fingerprint density at radius 2 is 1.67 bits per heavy atom. The summed E-state index contributed by atoms with van der Waals surface area (Å²) < 4.78 is 40.7. The van der Waals surface area contributed by atoms with E-state index in [2.05, 4.69) is 0 Å². The molecule has 1 saturated carbocycles. The SMILES string of the molecule is CN(C)C(=O)C1(C(=O)N2[C@@H]3CC[C@H]2CC([C@H](N)Cc2cc(F)c(F)cc2F)C3)CC1. The molecule has 1 aliphatic carbocycles. The number of fused-ring (bicyclic) bond motifs is 2. The first kappa shape index (κ1) is 21.2. The molecule has 30 heavy (non-hydrogen) atoms. The highest BCUT2D eigenvalue weighted by Crippen LogP contribution is 2.52. The van der Waals surface area contributed by atoms with Crippen molar-refractivity contribution in [1.82, 2.24) is 9.80 Å². The van der Waals surface area contributed by atoms with E-state index in [1.165, 1.54) is 4.90 Å². The van der Waals surface area contributed by atoms with Gasteiger partial charge in [0.15, 0.2) is 11.6 Å². The molecule has 2 N–H and O–H groups in total. The highest BCUT2D eigenvalue weighted by Gasteiger charge is 2.61. The number of carbonyl (C=O) groups is 2. The van der Waals surface area contributed by atoms with Crippen LogP contribution in [0.2, 0.25) is 0 Å². The van der Waals surface area contributed by atoms with E-state index in [1.54, 1.807) is 14.1 Å². The summed E-state index contributed by atoms with van der Waals surface area (Å²) >= 11 is 0. The second-order valence-electron chi connectivity index (χ2n) is 9.34. The standard InChI is InChI=1S/C22H28F3N3O2/c1-27(2)20(29)22(5-6-22)21(30)28-14-3-4-15(28)8-13(7-14)19(26)10-12-9-17(24)18(25)11-16(12)23/h9,11,13-15,19H,3-8,10,26H2,1-2H3/t13?,14-,15+,19-/m1/s1. The van der Waals surface area contributed by atoms with Crippen LogP contribution in [0.5, 0.6) is 0 Å². The van der Waals surface area contributed by atoms with E-state index >= 15 is 0 Å². The van der Waals surface area contributed by atoms with E-state index in [-0.39, 0.29) is 41.8 Å². The molecule has 2 bridgehead atoms. The lowest BCUT2D eigenvalue weighted by atomic mass is 9.82. The molecule has 4 rings (SSSR count). The van der Waals surface area contributed by atoms with Crippen LogP contribution in [0.15, 0.2) is 12.1 Å². The average molecular weight is 423 g/mol. The molecule has 0 radical (unpaired) electrons. The molecule has 1 aromatic carbocycles. The number of amides is 2. The first-order chi connectivity index (χ1) is 14.1. The number of benzene rings is 1. The van der Waals surface area contributed by atoms with Gasteiger partial charge in [0.1, 0.15) is 11.2 Å². The summed E-state index contributed by atoms with van der Waals surface area (Å²) in [5.74, 6) is -3.22. The van der Waals surface area contributed by atoms with Crippen LogP contribution in [0.1, 0.15) is 44.1 Å². The highest BCUT2D eigenvalue weighted by molar-refractivity contribution is 6.08. The first-order valence-electron chi connectivity index (χ1n) is 10.6. The molecule has 164 valence electrons. The van der Waals surface area contributed by atoms with E-state index < -0.39 is 28.9 Å². The van der Waals surface area contributed by atoms with Crippen LogP contribution >= 0.6 is 0 Å². The van der Waals surface area contributed by atoms with Gasteiger partial charge in [-0.05, 0) is 62.5 Å². The molecule has 4 atom stereocenters. The minimum absolute atomic E-state index is 0.0227. The molecule has 1 unspecified atom stereocenters. The third kappa shape index (κ3) is 3.49. The van der Waals surface area contributed by atoms with E-state index in [4.69, 9.17) is 5.73 Å². The van der Waals surface area contributed by atoms with Crippen molar-refractivity contribution in [2.75, 3.05) is 14.1 Å². The average Bonchev–Trinajstić information content (AvgIpc) is 3.46. The monoisotopic (exact) mass is 423 g/mol.